The van der Waals surface area contributed by atoms with E-state index in [1.807, 2.05) is 25.3 Å². The van der Waals surface area contributed by atoms with E-state index in [1.165, 1.54) is 42.4 Å². The van der Waals surface area contributed by atoms with Crippen molar-refractivity contribution in [3.8, 4) is 0 Å². The number of hydrogen-bond acceptors (Lipinski definition) is 2. The van der Waals surface area contributed by atoms with Gasteiger partial charge in [0.05, 0.1) is 6.21 Å². The van der Waals surface area contributed by atoms with Crippen LogP contribution < -0.4 is 0 Å². The number of benzene rings is 1. The average Bonchev–Trinajstić information content (AvgIpc) is 2.26. The van der Waals surface area contributed by atoms with Crippen molar-refractivity contribution in [1.29, 1.82) is 0 Å². The van der Waals surface area contributed by atoms with Crippen molar-refractivity contribution in [3.05, 3.63) is 34.9 Å². The number of hydrogen-bond donors (Lipinski definition) is 0. The summed E-state index contributed by atoms with van der Waals surface area (Å²) < 4.78 is 0. The maximum atomic E-state index is 4.31. The summed E-state index contributed by atoms with van der Waals surface area (Å²) in [5.41, 5.74) is 4.32. The number of nitrogens with zero attached hydrogens (tertiary/aromatic N) is 2. The Labute approximate surface area is 91.6 Å². The monoisotopic (exact) mass is 202 g/mol. The van der Waals surface area contributed by atoms with Gasteiger partial charge in [0.1, 0.15) is 0 Å². The van der Waals surface area contributed by atoms with Crippen LogP contribution >= 0.6 is 0 Å². The van der Waals surface area contributed by atoms with Gasteiger partial charge in [-0.1, -0.05) is 18.2 Å². The predicted molar refractivity (Wildman–Crippen MR) is 64.4 cm³/mol. The minimum absolute atomic E-state index is 1.21. The highest BCUT2D eigenvalue weighted by molar-refractivity contribution is 5.82. The molecule has 80 valence electrons. The van der Waals surface area contributed by atoms with E-state index in [1.54, 1.807) is 0 Å². The second-order valence-electron chi connectivity index (χ2n) is 4.28. The molecule has 0 radical (unpaired) electrons. The Morgan fingerprint density at radius 1 is 1.20 bits per heavy atom. The predicted octanol–water partition coefficient (Wildman–Crippen LogP) is 2.46. The van der Waals surface area contributed by atoms with Gasteiger partial charge in [0.15, 0.2) is 0 Å². The van der Waals surface area contributed by atoms with Gasteiger partial charge in [-0.15, -0.1) is 0 Å². The normalized spacial score (nSPS) is 15.3. The minimum Gasteiger partial charge on any atom is -0.303 e. The SMILES string of the molecule is CN(C)/N=C/c1cccc2c1CCCC2. The molecule has 0 bridgehead atoms. The summed E-state index contributed by atoms with van der Waals surface area (Å²) in [7, 11) is 3.90. The van der Waals surface area contributed by atoms with Gasteiger partial charge in [0.2, 0.25) is 0 Å². The van der Waals surface area contributed by atoms with Crippen LogP contribution in [0.1, 0.15) is 29.5 Å². The fourth-order valence-electron chi connectivity index (χ4n) is 2.11. The largest absolute Gasteiger partial charge is 0.303 e. The number of rotatable bonds is 2. The van der Waals surface area contributed by atoms with Crippen molar-refractivity contribution in [1.82, 2.24) is 5.01 Å². The molecule has 2 nitrogen and oxygen atoms in total. The summed E-state index contributed by atoms with van der Waals surface area (Å²) in [6.45, 7) is 0. The second-order valence-corrected chi connectivity index (χ2v) is 4.28. The standard InChI is InChI=1S/C13H18N2/c1-15(2)14-10-12-8-5-7-11-6-3-4-9-13(11)12/h5,7-8,10H,3-4,6,9H2,1-2H3/b14-10+. The zero-order valence-electron chi connectivity index (χ0n) is 9.53. The molecule has 15 heavy (non-hydrogen) atoms. The molecular formula is C13H18N2. The molecule has 0 fully saturated rings. The second kappa shape index (κ2) is 4.47. The zero-order valence-corrected chi connectivity index (χ0v) is 9.53. The highest BCUT2D eigenvalue weighted by atomic mass is 15.4. The molecule has 0 N–H and O–H groups in total. The molecular weight excluding hydrogens is 184 g/mol. The maximum Gasteiger partial charge on any atom is 0.0545 e. The van der Waals surface area contributed by atoms with Crippen LogP contribution in [-0.2, 0) is 12.8 Å². The number of aryl methyl sites for hydroxylation is 1. The molecule has 0 aromatic heterocycles. The van der Waals surface area contributed by atoms with E-state index >= 15 is 0 Å². The first-order chi connectivity index (χ1) is 7.27. The van der Waals surface area contributed by atoms with Crippen molar-refractivity contribution in [2.45, 2.75) is 25.7 Å². The lowest BCUT2D eigenvalue weighted by atomic mass is 9.89. The lowest BCUT2D eigenvalue weighted by Gasteiger charge is -2.17. The molecule has 1 aromatic carbocycles. The van der Waals surface area contributed by atoms with Gasteiger partial charge in [-0.3, -0.25) is 0 Å². The molecule has 2 heteroatoms. The Kier molecular flexibility index (Phi) is 3.05. The number of fused-ring (bicyclic) bond motifs is 1. The van der Waals surface area contributed by atoms with Crippen LogP contribution in [0.4, 0.5) is 0 Å². The van der Waals surface area contributed by atoms with Gasteiger partial charge in [-0.05, 0) is 42.4 Å². The van der Waals surface area contributed by atoms with Crippen LogP contribution in [0.3, 0.4) is 0 Å². The Hall–Kier alpha value is -1.31. The van der Waals surface area contributed by atoms with E-state index < -0.39 is 0 Å². The van der Waals surface area contributed by atoms with Crippen molar-refractivity contribution in [3.63, 3.8) is 0 Å². The molecule has 0 heterocycles. The topological polar surface area (TPSA) is 15.6 Å². The van der Waals surface area contributed by atoms with Crippen LogP contribution in [0.25, 0.3) is 0 Å². The van der Waals surface area contributed by atoms with Gasteiger partial charge in [0, 0.05) is 14.1 Å². The highest BCUT2D eigenvalue weighted by Gasteiger charge is 2.11. The molecule has 0 saturated heterocycles. The first-order valence-corrected chi connectivity index (χ1v) is 5.59. The fraction of sp³-hybridized carbons (Fsp3) is 0.462. The number of hydrazone groups is 1. The molecule has 2 rings (SSSR count). The summed E-state index contributed by atoms with van der Waals surface area (Å²) in [4.78, 5) is 0. The van der Waals surface area contributed by atoms with Crippen molar-refractivity contribution >= 4 is 6.21 Å². The zero-order chi connectivity index (χ0) is 10.7. The Bertz CT molecular complexity index is 367. The molecule has 0 spiro atoms. The third-order valence-corrected chi connectivity index (χ3v) is 2.86. The molecule has 0 aliphatic heterocycles. The first-order valence-electron chi connectivity index (χ1n) is 5.59. The van der Waals surface area contributed by atoms with E-state index in [-0.39, 0.29) is 0 Å². The fourth-order valence-corrected chi connectivity index (χ4v) is 2.11. The summed E-state index contributed by atoms with van der Waals surface area (Å²) in [5.74, 6) is 0. The van der Waals surface area contributed by atoms with Crippen LogP contribution in [0.2, 0.25) is 0 Å². The first kappa shape index (κ1) is 10.2. The molecule has 0 atom stereocenters. The maximum absolute atomic E-state index is 4.31. The Morgan fingerprint density at radius 2 is 2.00 bits per heavy atom. The van der Waals surface area contributed by atoms with E-state index in [4.69, 9.17) is 0 Å². The molecule has 1 aliphatic carbocycles. The Morgan fingerprint density at radius 3 is 2.80 bits per heavy atom. The van der Waals surface area contributed by atoms with Crippen molar-refractivity contribution < 1.29 is 0 Å². The molecule has 0 saturated carbocycles. The van der Waals surface area contributed by atoms with Gasteiger partial charge in [0.25, 0.3) is 0 Å². The van der Waals surface area contributed by atoms with Crippen molar-refractivity contribution in [2.75, 3.05) is 14.1 Å². The third kappa shape index (κ3) is 2.38. The van der Waals surface area contributed by atoms with Crippen molar-refractivity contribution in [2.24, 2.45) is 5.10 Å². The smallest absolute Gasteiger partial charge is 0.0545 e. The van der Waals surface area contributed by atoms with E-state index in [9.17, 15) is 0 Å². The summed E-state index contributed by atoms with van der Waals surface area (Å²) in [6, 6.07) is 6.56. The van der Waals surface area contributed by atoms with Gasteiger partial charge in [-0.25, -0.2) is 0 Å². The van der Waals surface area contributed by atoms with Crippen LogP contribution in [0.5, 0.6) is 0 Å². The molecule has 0 amide bonds. The van der Waals surface area contributed by atoms with E-state index in [0.29, 0.717) is 0 Å². The molecule has 0 unspecified atom stereocenters. The summed E-state index contributed by atoms with van der Waals surface area (Å²) in [6.07, 6.45) is 7.08. The van der Waals surface area contributed by atoms with E-state index in [2.05, 4.69) is 23.3 Å². The average molecular weight is 202 g/mol. The lowest BCUT2D eigenvalue weighted by Crippen LogP contribution is -2.07. The van der Waals surface area contributed by atoms with Gasteiger partial charge in [-0.2, -0.15) is 5.10 Å². The van der Waals surface area contributed by atoms with E-state index in [0.717, 1.165) is 0 Å². The van der Waals surface area contributed by atoms with Crippen LogP contribution in [0, 0.1) is 0 Å². The van der Waals surface area contributed by atoms with Gasteiger partial charge >= 0.3 is 0 Å². The van der Waals surface area contributed by atoms with Crippen LogP contribution in [-0.4, -0.2) is 25.3 Å². The molecule has 1 aliphatic rings. The quantitative estimate of drug-likeness (QED) is 0.531. The Balaban J connectivity index is 2.31. The summed E-state index contributed by atoms with van der Waals surface area (Å²) in [5, 5.41) is 6.15. The third-order valence-electron chi connectivity index (χ3n) is 2.86. The molecule has 1 aromatic rings. The lowest BCUT2D eigenvalue weighted by molar-refractivity contribution is 0.440. The summed E-state index contributed by atoms with van der Waals surface area (Å²) >= 11 is 0. The highest BCUT2D eigenvalue weighted by Crippen LogP contribution is 2.23. The minimum atomic E-state index is 1.21. The van der Waals surface area contributed by atoms with Gasteiger partial charge < -0.3 is 5.01 Å². The van der Waals surface area contributed by atoms with Crippen LogP contribution in [0.15, 0.2) is 23.3 Å².